The van der Waals surface area contributed by atoms with Gasteiger partial charge < -0.3 is 5.32 Å². The minimum absolute atomic E-state index is 0.444. The van der Waals surface area contributed by atoms with Crippen LogP contribution in [0.15, 0.2) is 36.4 Å². The third-order valence-corrected chi connectivity index (χ3v) is 4.16. The van der Waals surface area contributed by atoms with Crippen molar-refractivity contribution in [2.75, 3.05) is 26.2 Å². The van der Waals surface area contributed by atoms with E-state index in [4.69, 9.17) is 4.98 Å². The Morgan fingerprint density at radius 1 is 1.15 bits per heavy atom. The van der Waals surface area contributed by atoms with Gasteiger partial charge in [-0.2, -0.15) is 0 Å². The average molecular weight is 269 g/mol. The monoisotopic (exact) mass is 269 g/mol. The van der Waals surface area contributed by atoms with Gasteiger partial charge in [0.15, 0.2) is 0 Å². The molecule has 2 aromatic rings. The maximum absolute atomic E-state index is 4.89. The molecule has 1 N–H and O–H groups in total. The highest BCUT2D eigenvalue weighted by atomic mass is 15.2. The Morgan fingerprint density at radius 2 is 2.05 bits per heavy atom. The van der Waals surface area contributed by atoms with Gasteiger partial charge in [-0.3, -0.25) is 9.88 Å². The molecule has 1 aliphatic rings. The van der Waals surface area contributed by atoms with Gasteiger partial charge in [-0.1, -0.05) is 31.2 Å². The van der Waals surface area contributed by atoms with Crippen molar-refractivity contribution < 1.29 is 0 Å². The zero-order chi connectivity index (χ0) is 13.8. The van der Waals surface area contributed by atoms with Crippen LogP contribution in [0.25, 0.3) is 10.9 Å². The molecule has 3 rings (SSSR count). The number of hydrogen-bond acceptors (Lipinski definition) is 3. The van der Waals surface area contributed by atoms with E-state index in [1.807, 2.05) is 0 Å². The standard InChI is InChI=1S/C17H23N3/c1-2-17(20-12-5-10-18-11-13-20)16-9-8-14-6-3-4-7-15(14)19-16/h3-4,6-9,17-18H,2,5,10-13H2,1H3. The van der Waals surface area contributed by atoms with Crippen LogP contribution in [-0.4, -0.2) is 36.1 Å². The zero-order valence-corrected chi connectivity index (χ0v) is 12.2. The highest BCUT2D eigenvalue weighted by Gasteiger charge is 2.20. The molecule has 0 saturated carbocycles. The lowest BCUT2D eigenvalue weighted by atomic mass is 10.1. The van der Waals surface area contributed by atoms with Crippen LogP contribution < -0.4 is 5.32 Å². The van der Waals surface area contributed by atoms with E-state index in [-0.39, 0.29) is 0 Å². The molecule has 1 aliphatic heterocycles. The molecule has 3 nitrogen and oxygen atoms in total. The molecular formula is C17H23N3. The van der Waals surface area contributed by atoms with Crippen molar-refractivity contribution in [3.8, 4) is 0 Å². The summed E-state index contributed by atoms with van der Waals surface area (Å²) in [6, 6.07) is 13.2. The second-order valence-corrected chi connectivity index (χ2v) is 5.49. The number of rotatable bonds is 3. The molecule has 1 aromatic heterocycles. The van der Waals surface area contributed by atoms with Crippen LogP contribution in [-0.2, 0) is 0 Å². The lowest BCUT2D eigenvalue weighted by molar-refractivity contribution is 0.202. The summed E-state index contributed by atoms with van der Waals surface area (Å²) in [4.78, 5) is 7.47. The average Bonchev–Trinajstić information content (AvgIpc) is 2.77. The van der Waals surface area contributed by atoms with Gasteiger partial charge in [0.2, 0.25) is 0 Å². The summed E-state index contributed by atoms with van der Waals surface area (Å²) < 4.78 is 0. The van der Waals surface area contributed by atoms with Gasteiger partial charge in [0.05, 0.1) is 17.3 Å². The SMILES string of the molecule is CCC(c1ccc2ccccc2n1)N1CCCNCC1. The quantitative estimate of drug-likeness (QED) is 0.928. The van der Waals surface area contributed by atoms with Crippen LogP contribution in [0.3, 0.4) is 0 Å². The zero-order valence-electron chi connectivity index (χ0n) is 12.2. The fourth-order valence-electron chi connectivity index (χ4n) is 3.10. The Balaban J connectivity index is 1.89. The second kappa shape index (κ2) is 6.33. The first-order valence-corrected chi connectivity index (χ1v) is 7.69. The maximum atomic E-state index is 4.89. The van der Waals surface area contributed by atoms with E-state index in [0.717, 1.165) is 31.6 Å². The summed E-state index contributed by atoms with van der Waals surface area (Å²) in [7, 11) is 0. The lowest BCUT2D eigenvalue weighted by Gasteiger charge is -2.29. The molecule has 0 spiro atoms. The van der Waals surface area contributed by atoms with Crippen LogP contribution in [0.5, 0.6) is 0 Å². The van der Waals surface area contributed by atoms with Crippen molar-refractivity contribution in [2.24, 2.45) is 0 Å². The van der Waals surface area contributed by atoms with Crippen molar-refractivity contribution in [1.82, 2.24) is 15.2 Å². The fraction of sp³-hybridized carbons (Fsp3) is 0.471. The lowest BCUT2D eigenvalue weighted by Crippen LogP contribution is -2.32. The van der Waals surface area contributed by atoms with Gasteiger partial charge in [0, 0.05) is 25.0 Å². The van der Waals surface area contributed by atoms with Crippen LogP contribution in [0.4, 0.5) is 0 Å². The number of nitrogens with one attached hydrogen (secondary N) is 1. The summed E-state index contributed by atoms with van der Waals surface area (Å²) in [5.41, 5.74) is 2.32. The summed E-state index contributed by atoms with van der Waals surface area (Å²) in [6.07, 6.45) is 2.34. The molecule has 1 fully saturated rings. The molecular weight excluding hydrogens is 246 g/mol. The van der Waals surface area contributed by atoms with E-state index in [0.29, 0.717) is 6.04 Å². The molecule has 0 aliphatic carbocycles. The Kier molecular flexibility index (Phi) is 4.28. The molecule has 3 heteroatoms. The molecule has 20 heavy (non-hydrogen) atoms. The number of pyridine rings is 1. The topological polar surface area (TPSA) is 28.2 Å². The number of hydrogen-bond donors (Lipinski definition) is 1. The van der Waals surface area contributed by atoms with Gasteiger partial charge >= 0.3 is 0 Å². The minimum atomic E-state index is 0.444. The second-order valence-electron chi connectivity index (χ2n) is 5.49. The van der Waals surface area contributed by atoms with E-state index in [1.165, 1.54) is 24.0 Å². The molecule has 1 atom stereocenters. The molecule has 106 valence electrons. The number of para-hydroxylation sites is 1. The molecule has 0 bridgehead atoms. The molecule has 1 aromatic carbocycles. The third kappa shape index (κ3) is 2.84. The smallest absolute Gasteiger partial charge is 0.0706 e. The summed E-state index contributed by atoms with van der Waals surface area (Å²) in [6.45, 7) is 6.77. The van der Waals surface area contributed by atoms with Crippen LogP contribution in [0, 0.1) is 0 Å². The predicted octanol–water partition coefficient (Wildman–Crippen LogP) is 2.98. The van der Waals surface area contributed by atoms with Gasteiger partial charge in [-0.05, 0) is 31.5 Å². The molecule has 0 radical (unpaired) electrons. The Bertz CT molecular complexity index is 559. The van der Waals surface area contributed by atoms with Crippen molar-refractivity contribution in [3.05, 3.63) is 42.1 Å². The van der Waals surface area contributed by atoms with Crippen molar-refractivity contribution >= 4 is 10.9 Å². The Hall–Kier alpha value is -1.45. The summed E-state index contributed by atoms with van der Waals surface area (Å²) >= 11 is 0. The number of benzene rings is 1. The number of aromatic nitrogens is 1. The van der Waals surface area contributed by atoms with Gasteiger partial charge in [0.25, 0.3) is 0 Å². The Labute approximate surface area is 121 Å². The van der Waals surface area contributed by atoms with E-state index in [9.17, 15) is 0 Å². The largest absolute Gasteiger partial charge is 0.315 e. The van der Waals surface area contributed by atoms with Gasteiger partial charge in [0.1, 0.15) is 0 Å². The van der Waals surface area contributed by atoms with E-state index < -0.39 is 0 Å². The van der Waals surface area contributed by atoms with Crippen molar-refractivity contribution in [2.45, 2.75) is 25.8 Å². The van der Waals surface area contributed by atoms with Crippen molar-refractivity contribution in [3.63, 3.8) is 0 Å². The van der Waals surface area contributed by atoms with E-state index >= 15 is 0 Å². The van der Waals surface area contributed by atoms with Crippen LogP contribution >= 0.6 is 0 Å². The summed E-state index contributed by atoms with van der Waals surface area (Å²) in [5.74, 6) is 0. The molecule has 2 heterocycles. The molecule has 0 amide bonds. The fourth-order valence-corrected chi connectivity index (χ4v) is 3.10. The highest BCUT2D eigenvalue weighted by molar-refractivity contribution is 5.78. The number of fused-ring (bicyclic) bond motifs is 1. The maximum Gasteiger partial charge on any atom is 0.0706 e. The van der Waals surface area contributed by atoms with Crippen molar-refractivity contribution in [1.29, 1.82) is 0 Å². The predicted molar refractivity (Wildman–Crippen MR) is 83.8 cm³/mol. The summed E-state index contributed by atoms with van der Waals surface area (Å²) in [5, 5.41) is 4.70. The first-order valence-electron chi connectivity index (χ1n) is 7.69. The van der Waals surface area contributed by atoms with E-state index in [1.54, 1.807) is 0 Å². The molecule has 1 unspecified atom stereocenters. The number of nitrogens with zero attached hydrogens (tertiary/aromatic N) is 2. The third-order valence-electron chi connectivity index (χ3n) is 4.16. The van der Waals surface area contributed by atoms with Crippen LogP contribution in [0.1, 0.15) is 31.5 Å². The Morgan fingerprint density at radius 3 is 2.95 bits per heavy atom. The first kappa shape index (κ1) is 13.5. The normalized spacial score (nSPS) is 18.9. The van der Waals surface area contributed by atoms with Crippen LogP contribution in [0.2, 0.25) is 0 Å². The highest BCUT2D eigenvalue weighted by Crippen LogP contribution is 2.25. The minimum Gasteiger partial charge on any atom is -0.315 e. The van der Waals surface area contributed by atoms with Gasteiger partial charge in [-0.25, -0.2) is 0 Å². The first-order chi connectivity index (χ1) is 9.88. The molecule has 1 saturated heterocycles. The van der Waals surface area contributed by atoms with E-state index in [2.05, 4.69) is 53.5 Å². The van der Waals surface area contributed by atoms with Gasteiger partial charge in [-0.15, -0.1) is 0 Å².